The molecule has 1 aromatic rings. The van der Waals surface area contributed by atoms with Crippen molar-refractivity contribution in [2.75, 3.05) is 31.6 Å². The number of hydrogen-bond acceptors (Lipinski definition) is 6. The predicted molar refractivity (Wildman–Crippen MR) is 144 cm³/mol. The molecule has 2 bridgehead atoms. The van der Waals surface area contributed by atoms with Gasteiger partial charge in [-0.25, -0.2) is 0 Å². The first kappa shape index (κ1) is 28.4. The molecule has 3 amide bonds. The number of aliphatic hydroxyl groups excluding tert-OH is 1. The number of fused-ring (bicyclic) bond motifs is 1. The van der Waals surface area contributed by atoms with Crippen molar-refractivity contribution in [1.29, 1.82) is 0 Å². The van der Waals surface area contributed by atoms with Crippen LogP contribution < -0.4 is 15.4 Å². The molecule has 3 fully saturated rings. The lowest BCUT2D eigenvalue weighted by Gasteiger charge is -2.36. The molecule has 0 aromatic heterocycles. The third-order valence-electron chi connectivity index (χ3n) is 8.66. The summed E-state index contributed by atoms with van der Waals surface area (Å²) < 4.78 is 12.2. The van der Waals surface area contributed by atoms with Gasteiger partial charge in [-0.05, 0) is 76.1 Å². The van der Waals surface area contributed by atoms with Crippen LogP contribution in [0, 0.1) is 17.8 Å². The Morgan fingerprint density at radius 1 is 1.13 bits per heavy atom. The molecule has 9 nitrogen and oxygen atoms in total. The van der Waals surface area contributed by atoms with Gasteiger partial charge in [0.25, 0.3) is 0 Å². The first-order valence-electron chi connectivity index (χ1n) is 14.2. The third kappa shape index (κ3) is 4.91. The molecule has 4 rings (SSSR count). The lowest BCUT2D eigenvalue weighted by atomic mass is 9.62. The van der Waals surface area contributed by atoms with E-state index in [0.29, 0.717) is 50.4 Å². The van der Waals surface area contributed by atoms with Crippen LogP contribution in [0.3, 0.4) is 0 Å². The summed E-state index contributed by atoms with van der Waals surface area (Å²) in [4.78, 5) is 43.1. The van der Waals surface area contributed by atoms with Gasteiger partial charge in [0.05, 0.1) is 24.0 Å². The van der Waals surface area contributed by atoms with E-state index in [1.165, 1.54) is 0 Å². The van der Waals surface area contributed by atoms with Gasteiger partial charge in [-0.2, -0.15) is 0 Å². The molecule has 6 atom stereocenters. The summed E-state index contributed by atoms with van der Waals surface area (Å²) in [5.41, 5.74) is -1.29. The number of nitrogens with one attached hydrogen (secondary N) is 2. The van der Waals surface area contributed by atoms with Crippen LogP contribution in [0.25, 0.3) is 0 Å². The number of ether oxygens (including phenoxy) is 2. The maximum Gasteiger partial charge on any atom is 0.245 e. The molecule has 9 heteroatoms. The Kier molecular flexibility index (Phi) is 8.67. The van der Waals surface area contributed by atoms with Crippen LogP contribution in [0.2, 0.25) is 0 Å². The van der Waals surface area contributed by atoms with Gasteiger partial charge in [0.15, 0.2) is 0 Å². The molecule has 38 heavy (non-hydrogen) atoms. The van der Waals surface area contributed by atoms with Gasteiger partial charge in [-0.1, -0.05) is 20.3 Å². The fraction of sp³-hybridized carbons (Fsp3) is 0.690. The van der Waals surface area contributed by atoms with Crippen LogP contribution >= 0.6 is 0 Å². The summed E-state index contributed by atoms with van der Waals surface area (Å²) >= 11 is 0. The smallest absolute Gasteiger partial charge is 0.245 e. The van der Waals surface area contributed by atoms with E-state index < -0.39 is 29.1 Å². The van der Waals surface area contributed by atoms with Crippen LogP contribution in [-0.4, -0.2) is 71.3 Å². The van der Waals surface area contributed by atoms with E-state index in [-0.39, 0.29) is 30.2 Å². The number of carbonyl (C=O) groups excluding carboxylic acids is 3. The van der Waals surface area contributed by atoms with Gasteiger partial charge in [0, 0.05) is 25.4 Å². The molecule has 3 aliphatic heterocycles. The second kappa shape index (κ2) is 11.6. The van der Waals surface area contributed by atoms with E-state index in [9.17, 15) is 19.5 Å². The molecule has 3 N–H and O–H groups in total. The summed E-state index contributed by atoms with van der Waals surface area (Å²) in [5.74, 6) is -1.41. The molecule has 1 spiro atoms. The van der Waals surface area contributed by atoms with Crippen molar-refractivity contribution in [2.24, 2.45) is 17.8 Å². The minimum atomic E-state index is -1.04. The van der Waals surface area contributed by atoms with E-state index in [1.807, 2.05) is 20.8 Å². The van der Waals surface area contributed by atoms with E-state index in [2.05, 4.69) is 17.6 Å². The SMILES string of the molecule is CCCCNC(=O)C1N(CCCCCO)C(=O)[C@@H]2[C@H](C(=O)Nc3ccc(OCC)cc3)[C@@]3(C)OC12CC3C. The molecule has 3 heterocycles. The molecule has 0 aliphatic carbocycles. The van der Waals surface area contributed by atoms with E-state index >= 15 is 0 Å². The quantitative estimate of drug-likeness (QED) is 0.338. The Balaban J connectivity index is 1.63. The number of rotatable bonds is 13. The number of likely N-dealkylation sites (tertiary alicyclic amines) is 1. The van der Waals surface area contributed by atoms with Crippen molar-refractivity contribution in [3.05, 3.63) is 24.3 Å². The highest BCUT2D eigenvalue weighted by molar-refractivity contribution is 6.02. The molecule has 0 saturated carbocycles. The average Bonchev–Trinajstić information content (AvgIpc) is 3.40. The molecular weight excluding hydrogens is 486 g/mol. The second-order valence-corrected chi connectivity index (χ2v) is 11.1. The van der Waals surface area contributed by atoms with Gasteiger partial charge in [0.1, 0.15) is 17.4 Å². The Morgan fingerprint density at radius 2 is 1.87 bits per heavy atom. The van der Waals surface area contributed by atoms with E-state index in [1.54, 1.807) is 29.2 Å². The zero-order chi connectivity index (χ0) is 27.5. The molecule has 210 valence electrons. The topological polar surface area (TPSA) is 117 Å². The number of benzene rings is 1. The first-order valence-corrected chi connectivity index (χ1v) is 14.2. The second-order valence-electron chi connectivity index (χ2n) is 11.1. The monoisotopic (exact) mass is 529 g/mol. The van der Waals surface area contributed by atoms with Crippen molar-refractivity contribution in [3.8, 4) is 5.75 Å². The Labute approximate surface area is 225 Å². The molecule has 1 aromatic carbocycles. The maximum atomic E-state index is 14.0. The minimum Gasteiger partial charge on any atom is -0.494 e. The van der Waals surface area contributed by atoms with E-state index in [0.717, 1.165) is 19.3 Å². The van der Waals surface area contributed by atoms with Crippen molar-refractivity contribution in [2.45, 2.75) is 83.5 Å². The van der Waals surface area contributed by atoms with Gasteiger partial charge in [-0.15, -0.1) is 0 Å². The zero-order valence-corrected chi connectivity index (χ0v) is 23.1. The number of hydrogen-bond donors (Lipinski definition) is 3. The minimum absolute atomic E-state index is 0.0112. The average molecular weight is 530 g/mol. The fourth-order valence-electron chi connectivity index (χ4n) is 6.76. The summed E-state index contributed by atoms with van der Waals surface area (Å²) in [6, 6.07) is 6.39. The Bertz CT molecular complexity index is 1020. The Hall–Kier alpha value is -2.65. The van der Waals surface area contributed by atoms with Crippen LogP contribution in [-0.2, 0) is 19.1 Å². The van der Waals surface area contributed by atoms with Gasteiger partial charge >= 0.3 is 0 Å². The van der Waals surface area contributed by atoms with Crippen LogP contribution in [0.1, 0.15) is 66.2 Å². The maximum absolute atomic E-state index is 14.0. The number of nitrogens with zero attached hydrogens (tertiary/aromatic N) is 1. The summed E-state index contributed by atoms with van der Waals surface area (Å²) in [7, 11) is 0. The van der Waals surface area contributed by atoms with Crippen molar-refractivity contribution in [3.63, 3.8) is 0 Å². The zero-order valence-electron chi connectivity index (χ0n) is 23.1. The van der Waals surface area contributed by atoms with Gasteiger partial charge < -0.3 is 30.1 Å². The van der Waals surface area contributed by atoms with Crippen molar-refractivity contribution in [1.82, 2.24) is 10.2 Å². The normalized spacial score (nSPS) is 31.4. The molecule has 3 aliphatic rings. The van der Waals surface area contributed by atoms with Crippen LogP contribution in [0.4, 0.5) is 5.69 Å². The third-order valence-corrected chi connectivity index (χ3v) is 8.66. The van der Waals surface area contributed by atoms with Crippen LogP contribution in [0.15, 0.2) is 24.3 Å². The summed E-state index contributed by atoms with van der Waals surface area (Å²) in [6.07, 6.45) is 4.40. The van der Waals surface area contributed by atoms with E-state index in [4.69, 9.17) is 9.47 Å². The molecule has 0 radical (unpaired) electrons. The fourth-order valence-corrected chi connectivity index (χ4v) is 6.76. The molecule has 3 unspecified atom stereocenters. The molecule has 3 saturated heterocycles. The predicted octanol–water partition coefficient (Wildman–Crippen LogP) is 3.11. The number of anilines is 1. The number of amides is 3. The number of aliphatic hydroxyl groups is 1. The van der Waals surface area contributed by atoms with Gasteiger partial charge in [-0.3, -0.25) is 14.4 Å². The van der Waals surface area contributed by atoms with Crippen LogP contribution in [0.5, 0.6) is 5.75 Å². The molecular formula is C29H43N3O6. The largest absolute Gasteiger partial charge is 0.494 e. The summed E-state index contributed by atoms with van der Waals surface area (Å²) in [6.45, 7) is 9.50. The van der Waals surface area contributed by atoms with Crippen molar-refractivity contribution < 1.29 is 29.0 Å². The van der Waals surface area contributed by atoms with Crippen molar-refractivity contribution >= 4 is 23.4 Å². The first-order chi connectivity index (χ1) is 18.2. The number of carbonyl (C=O) groups is 3. The number of unbranched alkanes of at least 4 members (excludes halogenated alkanes) is 3. The lowest BCUT2D eigenvalue weighted by molar-refractivity contribution is -0.146. The Morgan fingerprint density at radius 3 is 2.53 bits per heavy atom. The highest BCUT2D eigenvalue weighted by Crippen LogP contribution is 2.65. The summed E-state index contributed by atoms with van der Waals surface area (Å²) in [5, 5.41) is 15.2. The highest BCUT2D eigenvalue weighted by Gasteiger charge is 2.79. The lowest BCUT2D eigenvalue weighted by Crippen LogP contribution is -2.55. The standard InChI is InChI=1S/C29H43N3O6/c1-5-7-15-30-26(35)24-29-18-19(3)28(4,38-29)22(23(29)27(36)32(24)16-9-8-10-17-33)25(34)31-20-11-13-21(14-12-20)37-6-2/h11-14,19,22-24,33H,5-10,15-18H2,1-4H3,(H,30,35)(H,31,34)/t19?,22-,23+,24?,28+,29?/m1/s1. The highest BCUT2D eigenvalue weighted by atomic mass is 16.5. The van der Waals surface area contributed by atoms with Gasteiger partial charge in [0.2, 0.25) is 17.7 Å².